The van der Waals surface area contributed by atoms with Crippen LogP contribution in [0, 0.1) is 0 Å². The zero-order chi connectivity index (χ0) is 10.2. The molecule has 76 valence electrons. The summed E-state index contributed by atoms with van der Waals surface area (Å²) in [4.78, 5) is 15.7. The van der Waals surface area contributed by atoms with Crippen LogP contribution in [0.5, 0.6) is 0 Å². The Hall–Kier alpha value is -1.16. The summed E-state index contributed by atoms with van der Waals surface area (Å²) < 4.78 is 1.77. The van der Waals surface area contributed by atoms with Gasteiger partial charge in [0.25, 0.3) is 0 Å². The summed E-state index contributed by atoms with van der Waals surface area (Å²) in [6, 6.07) is 0. The first-order valence-electron chi connectivity index (χ1n) is 4.89. The van der Waals surface area contributed by atoms with E-state index in [9.17, 15) is 4.79 Å². The van der Waals surface area contributed by atoms with Crippen molar-refractivity contribution >= 4 is 5.78 Å². The number of rotatable bonds is 3. The number of nitrogens with zero attached hydrogens (tertiary/aromatic N) is 2. The Labute approximate surface area is 83.1 Å². The van der Waals surface area contributed by atoms with Gasteiger partial charge in [-0.1, -0.05) is 0 Å². The van der Waals surface area contributed by atoms with Crippen LogP contribution in [-0.2, 0) is 7.05 Å². The standard InChI is InChI=1S/C10H15N3O/c1-13-6-8(12-7-13)9(14)5-10(11)3-2-4-10/h6-7H,2-5,11H2,1H3. The van der Waals surface area contributed by atoms with Gasteiger partial charge >= 0.3 is 0 Å². The SMILES string of the molecule is Cn1cnc(C(=O)CC2(N)CCC2)c1. The lowest BCUT2D eigenvalue weighted by Crippen LogP contribution is -2.48. The third kappa shape index (κ3) is 1.70. The number of ketones is 1. The Kier molecular flexibility index (Phi) is 2.15. The van der Waals surface area contributed by atoms with Crippen molar-refractivity contribution in [2.75, 3.05) is 0 Å². The molecule has 0 amide bonds. The molecular formula is C10H15N3O. The van der Waals surface area contributed by atoms with Gasteiger partial charge in [0, 0.05) is 25.2 Å². The highest BCUT2D eigenvalue weighted by Gasteiger charge is 2.35. The largest absolute Gasteiger partial charge is 0.340 e. The van der Waals surface area contributed by atoms with Crippen LogP contribution in [0.3, 0.4) is 0 Å². The van der Waals surface area contributed by atoms with Crippen molar-refractivity contribution in [2.45, 2.75) is 31.2 Å². The van der Waals surface area contributed by atoms with Gasteiger partial charge in [0.05, 0.1) is 6.33 Å². The normalized spacial score (nSPS) is 19.0. The predicted molar refractivity (Wildman–Crippen MR) is 52.9 cm³/mol. The molecule has 1 saturated carbocycles. The summed E-state index contributed by atoms with van der Waals surface area (Å²) in [5, 5.41) is 0. The summed E-state index contributed by atoms with van der Waals surface area (Å²) in [7, 11) is 1.85. The molecular weight excluding hydrogens is 178 g/mol. The number of hydrogen-bond acceptors (Lipinski definition) is 3. The van der Waals surface area contributed by atoms with Crippen LogP contribution in [0.1, 0.15) is 36.2 Å². The molecule has 2 N–H and O–H groups in total. The highest BCUT2D eigenvalue weighted by atomic mass is 16.1. The molecule has 0 atom stereocenters. The first-order chi connectivity index (χ1) is 6.59. The van der Waals surface area contributed by atoms with Crippen LogP contribution >= 0.6 is 0 Å². The Morgan fingerprint density at radius 3 is 2.86 bits per heavy atom. The number of hydrogen-bond donors (Lipinski definition) is 1. The number of aryl methyl sites for hydroxylation is 1. The molecule has 1 aliphatic rings. The van der Waals surface area contributed by atoms with Gasteiger partial charge in [-0.2, -0.15) is 0 Å². The van der Waals surface area contributed by atoms with Crippen LogP contribution in [0.25, 0.3) is 0 Å². The molecule has 1 aromatic rings. The van der Waals surface area contributed by atoms with Crippen LogP contribution in [0.2, 0.25) is 0 Å². The quantitative estimate of drug-likeness (QED) is 0.725. The van der Waals surface area contributed by atoms with Crippen LogP contribution < -0.4 is 5.73 Å². The van der Waals surface area contributed by atoms with Crippen molar-refractivity contribution in [1.29, 1.82) is 0 Å². The minimum Gasteiger partial charge on any atom is -0.340 e. The molecule has 0 aliphatic heterocycles. The maximum atomic E-state index is 11.7. The maximum Gasteiger partial charge on any atom is 0.184 e. The molecule has 2 rings (SSSR count). The van der Waals surface area contributed by atoms with E-state index in [4.69, 9.17) is 5.73 Å². The van der Waals surface area contributed by atoms with E-state index < -0.39 is 0 Å². The lowest BCUT2D eigenvalue weighted by Gasteiger charge is -2.37. The molecule has 0 spiro atoms. The van der Waals surface area contributed by atoms with Crippen LogP contribution in [0.4, 0.5) is 0 Å². The van der Waals surface area contributed by atoms with Gasteiger partial charge in [0.1, 0.15) is 5.69 Å². The third-order valence-corrected chi connectivity index (χ3v) is 2.85. The fraction of sp³-hybridized carbons (Fsp3) is 0.600. The highest BCUT2D eigenvalue weighted by molar-refractivity contribution is 5.94. The minimum absolute atomic E-state index is 0.0628. The predicted octanol–water partition coefficient (Wildman–Crippen LogP) is 0.874. The highest BCUT2D eigenvalue weighted by Crippen LogP contribution is 2.32. The van der Waals surface area contributed by atoms with Gasteiger partial charge in [-0.25, -0.2) is 4.98 Å². The van der Waals surface area contributed by atoms with Crippen molar-refractivity contribution in [3.05, 3.63) is 18.2 Å². The molecule has 0 aromatic carbocycles. The van der Waals surface area contributed by atoms with Crippen molar-refractivity contribution in [1.82, 2.24) is 9.55 Å². The Balaban J connectivity index is 2.02. The zero-order valence-corrected chi connectivity index (χ0v) is 8.36. The lowest BCUT2D eigenvalue weighted by molar-refractivity contribution is 0.0907. The van der Waals surface area contributed by atoms with E-state index in [0.717, 1.165) is 19.3 Å². The Bertz CT molecular complexity index is 352. The number of aromatic nitrogens is 2. The molecule has 0 bridgehead atoms. The first kappa shape index (κ1) is 9.40. The zero-order valence-electron chi connectivity index (χ0n) is 8.36. The molecule has 0 saturated heterocycles. The fourth-order valence-corrected chi connectivity index (χ4v) is 1.77. The topological polar surface area (TPSA) is 60.9 Å². The maximum absolute atomic E-state index is 11.7. The van der Waals surface area contributed by atoms with E-state index >= 15 is 0 Å². The molecule has 4 heteroatoms. The van der Waals surface area contributed by atoms with Crippen molar-refractivity contribution in [2.24, 2.45) is 12.8 Å². The number of carbonyl (C=O) groups is 1. The van der Waals surface area contributed by atoms with E-state index in [-0.39, 0.29) is 11.3 Å². The smallest absolute Gasteiger partial charge is 0.184 e. The molecule has 0 radical (unpaired) electrons. The fourth-order valence-electron chi connectivity index (χ4n) is 1.77. The Morgan fingerprint density at radius 1 is 1.71 bits per heavy atom. The van der Waals surface area contributed by atoms with Crippen molar-refractivity contribution in [3.8, 4) is 0 Å². The summed E-state index contributed by atoms with van der Waals surface area (Å²) in [6.45, 7) is 0. The molecule has 1 heterocycles. The van der Waals surface area contributed by atoms with E-state index in [2.05, 4.69) is 4.98 Å². The number of nitrogens with two attached hydrogens (primary N) is 1. The van der Waals surface area contributed by atoms with E-state index in [1.54, 1.807) is 17.1 Å². The average molecular weight is 193 g/mol. The van der Waals surface area contributed by atoms with E-state index in [1.807, 2.05) is 7.05 Å². The van der Waals surface area contributed by atoms with Crippen molar-refractivity contribution in [3.63, 3.8) is 0 Å². The van der Waals surface area contributed by atoms with Crippen LogP contribution in [-0.4, -0.2) is 20.9 Å². The van der Waals surface area contributed by atoms with Gasteiger partial charge in [-0.15, -0.1) is 0 Å². The molecule has 14 heavy (non-hydrogen) atoms. The molecule has 4 nitrogen and oxygen atoms in total. The first-order valence-corrected chi connectivity index (χ1v) is 4.89. The number of Topliss-reactive ketones (excluding diaryl/α,β-unsaturated/α-hetero) is 1. The van der Waals surface area contributed by atoms with Gasteiger partial charge in [0.2, 0.25) is 0 Å². The molecule has 1 aliphatic carbocycles. The van der Waals surface area contributed by atoms with Crippen LogP contribution in [0.15, 0.2) is 12.5 Å². The average Bonchev–Trinajstić information content (AvgIpc) is 2.49. The lowest BCUT2D eigenvalue weighted by atomic mass is 9.74. The Morgan fingerprint density at radius 2 is 2.43 bits per heavy atom. The third-order valence-electron chi connectivity index (χ3n) is 2.85. The second-order valence-electron chi connectivity index (χ2n) is 4.24. The summed E-state index contributed by atoms with van der Waals surface area (Å²) in [5.74, 6) is 0.0628. The van der Waals surface area contributed by atoms with Crippen molar-refractivity contribution < 1.29 is 4.79 Å². The second kappa shape index (κ2) is 3.20. The summed E-state index contributed by atoms with van der Waals surface area (Å²) in [6.07, 6.45) is 6.88. The summed E-state index contributed by atoms with van der Waals surface area (Å²) in [5.41, 5.74) is 6.28. The molecule has 1 aromatic heterocycles. The number of imidazole rings is 1. The molecule has 0 unspecified atom stereocenters. The van der Waals surface area contributed by atoms with Gasteiger partial charge in [0.15, 0.2) is 5.78 Å². The van der Waals surface area contributed by atoms with Gasteiger partial charge in [-0.05, 0) is 19.3 Å². The van der Waals surface area contributed by atoms with Gasteiger partial charge in [-0.3, -0.25) is 4.79 Å². The van der Waals surface area contributed by atoms with E-state index in [1.165, 1.54) is 0 Å². The minimum atomic E-state index is -0.241. The second-order valence-corrected chi connectivity index (χ2v) is 4.24. The van der Waals surface area contributed by atoms with E-state index in [0.29, 0.717) is 12.1 Å². The van der Waals surface area contributed by atoms with Gasteiger partial charge < -0.3 is 10.3 Å². The number of carbonyl (C=O) groups excluding carboxylic acids is 1. The summed E-state index contributed by atoms with van der Waals surface area (Å²) >= 11 is 0. The monoisotopic (exact) mass is 193 g/mol. The molecule has 1 fully saturated rings.